The van der Waals surface area contributed by atoms with E-state index in [0.717, 1.165) is 83.5 Å². The topological polar surface area (TPSA) is 78.9 Å². The maximum atomic E-state index is 12.9. The van der Waals surface area contributed by atoms with E-state index in [9.17, 15) is 14.4 Å². The van der Waals surface area contributed by atoms with Gasteiger partial charge in [-0.3, -0.25) is 14.4 Å². The summed E-state index contributed by atoms with van der Waals surface area (Å²) in [5, 5.41) is 0. The molecule has 0 aromatic heterocycles. The molecule has 0 radical (unpaired) electrons. The number of hydrogen-bond donors (Lipinski definition) is 0. The monoisotopic (exact) mass is 1090 g/mol. The first-order valence-corrected chi connectivity index (χ1v) is 34.3. The van der Waals surface area contributed by atoms with Crippen LogP contribution < -0.4 is 0 Å². The molecule has 6 heteroatoms. The molecule has 1 atom stereocenters. The average molecular weight is 1090 g/mol. The second kappa shape index (κ2) is 66.6. The lowest BCUT2D eigenvalue weighted by Crippen LogP contribution is -2.30. The van der Waals surface area contributed by atoms with Gasteiger partial charge in [0, 0.05) is 19.3 Å². The van der Waals surface area contributed by atoms with E-state index in [2.05, 4.69) is 81.5 Å². The molecular formula is C72H130O6. The van der Waals surface area contributed by atoms with Gasteiger partial charge in [-0.15, -0.1) is 0 Å². The number of carbonyl (C=O) groups excluding carboxylic acids is 3. The van der Waals surface area contributed by atoms with Crippen LogP contribution >= 0.6 is 0 Å². The van der Waals surface area contributed by atoms with Gasteiger partial charge in [-0.05, 0) is 109 Å². The van der Waals surface area contributed by atoms with Gasteiger partial charge in [0.1, 0.15) is 13.2 Å². The Hall–Kier alpha value is -2.89. The Morgan fingerprint density at radius 2 is 0.462 bits per heavy atom. The molecular weight excluding hydrogens is 961 g/mol. The van der Waals surface area contributed by atoms with Gasteiger partial charge in [0.05, 0.1) is 0 Å². The number of esters is 3. The molecule has 454 valence electrons. The predicted octanol–water partition coefficient (Wildman–Crippen LogP) is 23.5. The second-order valence-corrected chi connectivity index (χ2v) is 23.1. The Bertz CT molecular complexity index is 1390. The summed E-state index contributed by atoms with van der Waals surface area (Å²) in [5.41, 5.74) is 0. The van der Waals surface area contributed by atoms with Gasteiger partial charge in [-0.2, -0.15) is 0 Å². The first-order valence-electron chi connectivity index (χ1n) is 34.3. The Morgan fingerprint density at radius 3 is 0.756 bits per heavy atom. The second-order valence-electron chi connectivity index (χ2n) is 23.1. The molecule has 0 amide bonds. The van der Waals surface area contributed by atoms with Gasteiger partial charge >= 0.3 is 17.9 Å². The van der Waals surface area contributed by atoms with Crippen molar-refractivity contribution in [3.05, 3.63) is 60.8 Å². The van der Waals surface area contributed by atoms with E-state index in [1.54, 1.807) is 0 Å². The predicted molar refractivity (Wildman–Crippen MR) is 339 cm³/mol. The quantitative estimate of drug-likeness (QED) is 0.0261. The van der Waals surface area contributed by atoms with Gasteiger partial charge in [0.25, 0.3) is 0 Å². The minimum Gasteiger partial charge on any atom is -0.462 e. The van der Waals surface area contributed by atoms with Crippen molar-refractivity contribution < 1.29 is 28.6 Å². The largest absolute Gasteiger partial charge is 0.462 e. The number of hydrogen-bond acceptors (Lipinski definition) is 6. The lowest BCUT2D eigenvalue weighted by molar-refractivity contribution is -0.167. The van der Waals surface area contributed by atoms with Crippen LogP contribution in [0.1, 0.15) is 361 Å². The highest BCUT2D eigenvalue weighted by Gasteiger charge is 2.19. The molecule has 0 bridgehead atoms. The first kappa shape index (κ1) is 75.1. The third kappa shape index (κ3) is 63.9. The summed E-state index contributed by atoms with van der Waals surface area (Å²) in [4.78, 5) is 38.4. The van der Waals surface area contributed by atoms with Crippen LogP contribution in [-0.2, 0) is 28.6 Å². The van der Waals surface area contributed by atoms with Crippen molar-refractivity contribution in [3.63, 3.8) is 0 Å². The van der Waals surface area contributed by atoms with E-state index in [0.29, 0.717) is 19.3 Å². The van der Waals surface area contributed by atoms with Crippen molar-refractivity contribution in [2.75, 3.05) is 13.2 Å². The summed E-state index contributed by atoms with van der Waals surface area (Å²) >= 11 is 0. The first-order chi connectivity index (χ1) is 38.5. The van der Waals surface area contributed by atoms with Crippen molar-refractivity contribution in [2.24, 2.45) is 0 Å². The molecule has 0 rings (SSSR count). The third-order valence-electron chi connectivity index (χ3n) is 15.2. The number of rotatable bonds is 63. The maximum absolute atomic E-state index is 12.9. The van der Waals surface area contributed by atoms with Crippen LogP contribution in [0.2, 0.25) is 0 Å². The van der Waals surface area contributed by atoms with Crippen LogP contribution in [0.25, 0.3) is 0 Å². The summed E-state index contributed by atoms with van der Waals surface area (Å²) < 4.78 is 16.9. The molecule has 0 N–H and O–H groups in total. The van der Waals surface area contributed by atoms with Gasteiger partial charge in [-0.1, -0.05) is 293 Å². The van der Waals surface area contributed by atoms with Gasteiger partial charge in [0.15, 0.2) is 6.10 Å². The fourth-order valence-electron chi connectivity index (χ4n) is 10.0. The van der Waals surface area contributed by atoms with Crippen LogP contribution in [0.15, 0.2) is 60.8 Å². The zero-order chi connectivity index (χ0) is 56.4. The fourth-order valence-corrected chi connectivity index (χ4v) is 10.0. The Morgan fingerprint density at radius 1 is 0.256 bits per heavy atom. The van der Waals surface area contributed by atoms with Gasteiger partial charge < -0.3 is 14.2 Å². The molecule has 0 fully saturated rings. The summed E-state index contributed by atoms with van der Waals surface area (Å²) in [6.45, 7) is 6.64. The maximum Gasteiger partial charge on any atom is 0.306 e. The molecule has 0 saturated heterocycles. The van der Waals surface area contributed by atoms with Crippen molar-refractivity contribution >= 4 is 17.9 Å². The zero-order valence-electron chi connectivity index (χ0n) is 52.2. The molecule has 6 nitrogen and oxygen atoms in total. The van der Waals surface area contributed by atoms with E-state index < -0.39 is 6.10 Å². The van der Waals surface area contributed by atoms with E-state index in [1.165, 1.54) is 238 Å². The third-order valence-corrected chi connectivity index (χ3v) is 15.2. The minimum atomic E-state index is -0.782. The molecule has 0 aromatic carbocycles. The van der Waals surface area contributed by atoms with Crippen LogP contribution in [0.4, 0.5) is 0 Å². The normalized spacial score (nSPS) is 12.4. The van der Waals surface area contributed by atoms with Crippen LogP contribution in [-0.4, -0.2) is 37.2 Å². The summed E-state index contributed by atoms with van der Waals surface area (Å²) in [7, 11) is 0. The molecule has 0 aliphatic rings. The van der Waals surface area contributed by atoms with E-state index >= 15 is 0 Å². The Balaban J connectivity index is 4.27. The van der Waals surface area contributed by atoms with Crippen molar-refractivity contribution in [1.82, 2.24) is 0 Å². The summed E-state index contributed by atoms with van der Waals surface area (Å²) in [6, 6.07) is 0. The van der Waals surface area contributed by atoms with Gasteiger partial charge in [0.2, 0.25) is 0 Å². The average Bonchev–Trinajstić information content (AvgIpc) is 3.44. The van der Waals surface area contributed by atoms with Crippen LogP contribution in [0, 0.1) is 0 Å². The fraction of sp³-hybridized carbons (Fsp3) is 0.819. The van der Waals surface area contributed by atoms with Gasteiger partial charge in [-0.25, -0.2) is 0 Å². The molecule has 0 aliphatic carbocycles. The molecule has 0 aromatic rings. The van der Waals surface area contributed by atoms with E-state index in [-0.39, 0.29) is 31.1 Å². The standard InChI is InChI=1S/C72H130O6/c1-4-7-10-13-16-19-22-25-27-29-31-33-35-36-38-39-41-43-45-47-50-53-56-59-62-65-71(74)77-68-69(67-76-70(73)64-61-58-55-52-49-24-21-18-15-12-9-6-3)78-72(75)66-63-60-57-54-51-48-46-44-42-40-37-34-32-30-28-26-23-20-17-14-11-8-5-2/h18,21,23,26,29-32,37,40,69H,4-17,19-20,22,24-25,27-28,33-36,38-39,41-68H2,1-3H3/b21-18-,26-23-,31-29-,32-30-,40-37-. The van der Waals surface area contributed by atoms with Crippen molar-refractivity contribution in [3.8, 4) is 0 Å². The molecule has 0 heterocycles. The highest BCUT2D eigenvalue weighted by molar-refractivity contribution is 5.71. The summed E-state index contributed by atoms with van der Waals surface area (Å²) in [6.07, 6.45) is 85.3. The highest BCUT2D eigenvalue weighted by atomic mass is 16.6. The van der Waals surface area contributed by atoms with E-state index in [4.69, 9.17) is 14.2 Å². The SMILES string of the molecule is CCCCC/C=C\CCCCCCCC(=O)OCC(COC(=O)CCCCCCCCCCCCCCC/C=C\CCCCCCCCCC)OC(=O)CCCCCCCCCC/C=C\C/C=C\C/C=C\CCCCCCC. The number of unbranched alkanes of at least 4 members (excludes halogenated alkanes) is 42. The lowest BCUT2D eigenvalue weighted by atomic mass is 10.0. The smallest absolute Gasteiger partial charge is 0.306 e. The van der Waals surface area contributed by atoms with Crippen molar-refractivity contribution in [1.29, 1.82) is 0 Å². The Labute approximate surface area is 485 Å². The number of carbonyl (C=O) groups is 3. The number of allylic oxidation sites excluding steroid dienone is 10. The van der Waals surface area contributed by atoms with E-state index in [1.807, 2.05) is 0 Å². The highest BCUT2D eigenvalue weighted by Crippen LogP contribution is 2.17. The Kier molecular flexibility index (Phi) is 64.2. The molecule has 0 spiro atoms. The minimum absolute atomic E-state index is 0.0776. The van der Waals surface area contributed by atoms with Crippen LogP contribution in [0.3, 0.4) is 0 Å². The molecule has 78 heavy (non-hydrogen) atoms. The molecule has 0 aliphatic heterocycles. The van der Waals surface area contributed by atoms with Crippen LogP contribution in [0.5, 0.6) is 0 Å². The number of ether oxygens (including phenoxy) is 3. The molecule has 0 saturated carbocycles. The molecule has 1 unspecified atom stereocenters. The van der Waals surface area contributed by atoms with Crippen molar-refractivity contribution in [2.45, 2.75) is 367 Å². The lowest BCUT2D eigenvalue weighted by Gasteiger charge is -2.18. The zero-order valence-corrected chi connectivity index (χ0v) is 52.2. The summed E-state index contributed by atoms with van der Waals surface area (Å²) in [5.74, 6) is -0.876.